The summed E-state index contributed by atoms with van der Waals surface area (Å²) in [6.07, 6.45) is 1.30. The van der Waals surface area contributed by atoms with Gasteiger partial charge in [0.1, 0.15) is 0 Å². The fourth-order valence-corrected chi connectivity index (χ4v) is 5.05. The van der Waals surface area contributed by atoms with Gasteiger partial charge in [-0.05, 0) is 54.2 Å². The third-order valence-corrected chi connectivity index (χ3v) is 7.07. The van der Waals surface area contributed by atoms with Crippen LogP contribution >= 0.6 is 0 Å². The van der Waals surface area contributed by atoms with Gasteiger partial charge < -0.3 is 23.8 Å². The van der Waals surface area contributed by atoms with Crippen molar-refractivity contribution in [1.29, 1.82) is 0 Å². The van der Waals surface area contributed by atoms with Gasteiger partial charge in [0.15, 0.2) is 11.5 Å². The van der Waals surface area contributed by atoms with Crippen LogP contribution in [-0.2, 0) is 19.1 Å². The van der Waals surface area contributed by atoms with E-state index in [0.29, 0.717) is 18.1 Å². The van der Waals surface area contributed by atoms with E-state index in [1.54, 1.807) is 6.07 Å². The summed E-state index contributed by atoms with van der Waals surface area (Å²) < 4.78 is 20.6. The first-order chi connectivity index (χ1) is 19.5. The van der Waals surface area contributed by atoms with Gasteiger partial charge in [-0.2, -0.15) is 0 Å². The highest BCUT2D eigenvalue weighted by molar-refractivity contribution is 6.32. The molecule has 3 aromatic rings. The number of ketones is 1. The number of nitrogens with zero attached hydrogens (tertiary/aromatic N) is 1. The van der Waals surface area contributed by atoms with E-state index >= 15 is 0 Å². The summed E-state index contributed by atoms with van der Waals surface area (Å²) in [5.41, 5.74) is 5.54. The maximum Gasteiger partial charge on any atom is 0.421 e. The highest BCUT2D eigenvalue weighted by Gasteiger charge is 2.39. The normalized spacial score (nSPS) is 15.9. The molecule has 0 aromatic heterocycles. The van der Waals surface area contributed by atoms with Crippen LogP contribution in [0.5, 0.6) is 11.5 Å². The third kappa shape index (κ3) is 6.24. The van der Waals surface area contributed by atoms with E-state index < -0.39 is 24.0 Å². The van der Waals surface area contributed by atoms with E-state index in [2.05, 4.69) is 75.0 Å². The number of piperidine rings is 1. The summed E-state index contributed by atoms with van der Waals surface area (Å²) in [5.74, 6) is -2.15. The van der Waals surface area contributed by atoms with Crippen LogP contribution in [0.25, 0.3) is 5.57 Å². The SMILES string of the molecule is COc1cc(C(=O)C2OC(=O)C(=O)O2)ccc1OCCCN1CCC(=C(c2ccccc2)c2ccccc2)CC1. The molecule has 0 unspecified atom stereocenters. The van der Waals surface area contributed by atoms with Crippen molar-refractivity contribution in [1.82, 2.24) is 4.90 Å². The molecule has 0 aliphatic carbocycles. The number of methoxy groups -OCH3 is 1. The minimum atomic E-state index is -1.58. The Bertz CT molecular complexity index is 1330. The number of hydrogen-bond donors (Lipinski definition) is 0. The molecule has 0 N–H and O–H groups in total. The van der Waals surface area contributed by atoms with Crippen molar-refractivity contribution in [2.75, 3.05) is 33.4 Å². The molecule has 0 saturated carbocycles. The van der Waals surface area contributed by atoms with Gasteiger partial charge in [-0.25, -0.2) is 9.59 Å². The van der Waals surface area contributed by atoms with Crippen molar-refractivity contribution in [2.24, 2.45) is 0 Å². The summed E-state index contributed by atoms with van der Waals surface area (Å²) in [4.78, 5) is 37.4. The Kier molecular flexibility index (Phi) is 8.56. The molecule has 0 bridgehead atoms. The molecule has 2 aliphatic heterocycles. The number of rotatable bonds is 10. The number of benzene rings is 3. The first-order valence-electron chi connectivity index (χ1n) is 13.4. The van der Waals surface area contributed by atoms with Crippen molar-refractivity contribution in [3.63, 3.8) is 0 Å². The smallest absolute Gasteiger partial charge is 0.421 e. The molecule has 2 saturated heterocycles. The quantitative estimate of drug-likeness (QED) is 0.158. The van der Waals surface area contributed by atoms with E-state index in [1.165, 1.54) is 41.5 Å². The average molecular weight is 542 g/mol. The lowest BCUT2D eigenvalue weighted by Gasteiger charge is -2.30. The van der Waals surface area contributed by atoms with Crippen LogP contribution in [0.15, 0.2) is 84.4 Å². The predicted molar refractivity (Wildman–Crippen MR) is 148 cm³/mol. The summed E-state index contributed by atoms with van der Waals surface area (Å²) >= 11 is 0. The topological polar surface area (TPSA) is 91.4 Å². The van der Waals surface area contributed by atoms with Crippen LogP contribution in [0.3, 0.4) is 0 Å². The molecule has 0 spiro atoms. The highest BCUT2D eigenvalue weighted by Crippen LogP contribution is 2.33. The minimum absolute atomic E-state index is 0.180. The molecule has 2 fully saturated rings. The molecule has 0 atom stereocenters. The molecule has 3 aromatic carbocycles. The maximum atomic E-state index is 12.5. The average Bonchev–Trinajstić information content (AvgIpc) is 3.34. The molecule has 5 rings (SSSR count). The van der Waals surface area contributed by atoms with E-state index in [1.807, 2.05) is 0 Å². The fourth-order valence-electron chi connectivity index (χ4n) is 5.05. The summed E-state index contributed by atoms with van der Waals surface area (Å²) in [6, 6.07) is 25.9. The molecule has 0 radical (unpaired) electrons. The Labute approximate surface area is 233 Å². The molecule has 206 valence electrons. The zero-order valence-electron chi connectivity index (χ0n) is 22.3. The Morgan fingerprint density at radius 3 is 2.00 bits per heavy atom. The van der Waals surface area contributed by atoms with Crippen molar-refractivity contribution in [3.8, 4) is 11.5 Å². The molecule has 8 heteroatoms. The zero-order valence-corrected chi connectivity index (χ0v) is 22.3. The lowest BCUT2D eigenvalue weighted by atomic mass is 9.88. The summed E-state index contributed by atoms with van der Waals surface area (Å²) in [5, 5.41) is 0. The predicted octanol–water partition coefficient (Wildman–Crippen LogP) is 4.67. The fraction of sp³-hybridized carbons (Fsp3) is 0.281. The minimum Gasteiger partial charge on any atom is -0.493 e. The van der Waals surface area contributed by atoms with Crippen LogP contribution in [0.1, 0.15) is 40.7 Å². The van der Waals surface area contributed by atoms with Crippen LogP contribution in [-0.4, -0.2) is 62.3 Å². The van der Waals surface area contributed by atoms with Gasteiger partial charge in [-0.3, -0.25) is 4.79 Å². The monoisotopic (exact) mass is 541 g/mol. The molecule has 0 amide bonds. The van der Waals surface area contributed by atoms with Crippen LogP contribution < -0.4 is 9.47 Å². The molecule has 2 aliphatic rings. The van der Waals surface area contributed by atoms with Gasteiger partial charge in [-0.1, -0.05) is 66.2 Å². The second-order valence-electron chi connectivity index (χ2n) is 9.63. The molecular weight excluding hydrogens is 510 g/mol. The van der Waals surface area contributed by atoms with Crippen LogP contribution in [0.2, 0.25) is 0 Å². The zero-order chi connectivity index (χ0) is 27.9. The molecule has 2 heterocycles. The number of Topliss-reactive ketones (excluding diaryl/α,β-unsaturated/α-hetero) is 1. The number of esters is 2. The van der Waals surface area contributed by atoms with Gasteiger partial charge in [0, 0.05) is 25.2 Å². The Morgan fingerprint density at radius 2 is 1.43 bits per heavy atom. The molecule has 40 heavy (non-hydrogen) atoms. The second kappa shape index (κ2) is 12.6. The standard InChI is InChI=1S/C32H31NO7/c1-37-27-21-25(29(34)32-39-30(35)31(36)40-32)13-14-26(27)38-20-8-17-33-18-15-24(16-19-33)28(22-9-4-2-5-10-22)23-11-6-3-7-12-23/h2-7,9-14,21,32H,8,15-20H2,1H3. The van der Waals surface area contributed by atoms with Gasteiger partial charge in [0.05, 0.1) is 13.7 Å². The lowest BCUT2D eigenvalue weighted by Crippen LogP contribution is -2.32. The third-order valence-electron chi connectivity index (χ3n) is 7.07. The van der Waals surface area contributed by atoms with Gasteiger partial charge in [-0.15, -0.1) is 0 Å². The van der Waals surface area contributed by atoms with E-state index in [-0.39, 0.29) is 5.56 Å². The largest absolute Gasteiger partial charge is 0.493 e. The van der Waals surface area contributed by atoms with Gasteiger partial charge in [0.25, 0.3) is 0 Å². The number of carbonyl (C=O) groups is 3. The number of hydrogen-bond acceptors (Lipinski definition) is 8. The Balaban J connectivity index is 1.14. The van der Waals surface area contributed by atoms with Crippen LogP contribution in [0.4, 0.5) is 0 Å². The van der Waals surface area contributed by atoms with E-state index in [9.17, 15) is 14.4 Å². The van der Waals surface area contributed by atoms with Crippen molar-refractivity contribution < 1.29 is 33.3 Å². The Hall–Kier alpha value is -4.43. The van der Waals surface area contributed by atoms with Crippen molar-refractivity contribution >= 4 is 23.3 Å². The van der Waals surface area contributed by atoms with E-state index in [4.69, 9.17) is 9.47 Å². The maximum absolute atomic E-state index is 12.5. The first-order valence-corrected chi connectivity index (χ1v) is 13.4. The van der Waals surface area contributed by atoms with E-state index in [0.717, 1.165) is 38.9 Å². The van der Waals surface area contributed by atoms with Gasteiger partial charge in [0.2, 0.25) is 5.78 Å². The second-order valence-corrected chi connectivity index (χ2v) is 9.63. The Morgan fingerprint density at radius 1 is 0.825 bits per heavy atom. The summed E-state index contributed by atoms with van der Waals surface area (Å²) in [6.45, 7) is 3.39. The lowest BCUT2D eigenvalue weighted by molar-refractivity contribution is -0.150. The number of cyclic esters (lactones) is 2. The highest BCUT2D eigenvalue weighted by atomic mass is 16.8. The van der Waals surface area contributed by atoms with Crippen molar-refractivity contribution in [3.05, 3.63) is 101 Å². The van der Waals surface area contributed by atoms with Crippen LogP contribution in [0, 0.1) is 0 Å². The summed E-state index contributed by atoms with van der Waals surface area (Å²) in [7, 11) is 1.48. The number of likely N-dealkylation sites (tertiary alicyclic amines) is 1. The molecular formula is C32H31NO7. The van der Waals surface area contributed by atoms with Crippen molar-refractivity contribution in [2.45, 2.75) is 25.6 Å². The number of carbonyl (C=O) groups excluding carboxylic acids is 3. The number of ether oxygens (including phenoxy) is 4. The molecule has 8 nitrogen and oxygen atoms in total. The first kappa shape index (κ1) is 27.1. The van der Waals surface area contributed by atoms with Gasteiger partial charge >= 0.3 is 18.2 Å².